The third-order valence-corrected chi connectivity index (χ3v) is 5.34. The molecule has 1 atom stereocenters. The van der Waals surface area contributed by atoms with E-state index in [1.54, 1.807) is 17.6 Å². The van der Waals surface area contributed by atoms with Gasteiger partial charge in [-0.05, 0) is 50.4 Å². The van der Waals surface area contributed by atoms with Crippen molar-refractivity contribution in [3.8, 4) is 5.75 Å². The Hall–Kier alpha value is -1.32. The predicted octanol–water partition coefficient (Wildman–Crippen LogP) is 3.94. The van der Waals surface area contributed by atoms with Crippen LogP contribution in [0.2, 0.25) is 0 Å². The lowest BCUT2D eigenvalue weighted by molar-refractivity contribution is 0.405. The molecule has 0 spiro atoms. The van der Waals surface area contributed by atoms with Crippen LogP contribution in [-0.4, -0.2) is 14.2 Å². The van der Waals surface area contributed by atoms with Gasteiger partial charge in [-0.1, -0.05) is 18.2 Å². The lowest BCUT2D eigenvalue weighted by Crippen LogP contribution is -2.17. The highest BCUT2D eigenvalue weighted by atomic mass is 32.1. The minimum Gasteiger partial charge on any atom is -0.496 e. The highest BCUT2D eigenvalue weighted by molar-refractivity contribution is 7.12. The van der Waals surface area contributed by atoms with E-state index >= 15 is 0 Å². The number of para-hydroxylation sites is 1. The fourth-order valence-corrected chi connectivity index (χ4v) is 4.40. The molecule has 0 bridgehead atoms. The average molecular weight is 287 g/mol. The molecule has 106 valence electrons. The van der Waals surface area contributed by atoms with Crippen LogP contribution in [0.3, 0.4) is 0 Å². The van der Waals surface area contributed by atoms with Crippen molar-refractivity contribution in [1.29, 1.82) is 0 Å². The molecule has 1 aliphatic rings. The van der Waals surface area contributed by atoms with Crippen molar-refractivity contribution in [2.45, 2.75) is 31.7 Å². The fraction of sp³-hybridized carbons (Fsp3) is 0.412. The van der Waals surface area contributed by atoms with Crippen LogP contribution in [0.15, 0.2) is 30.3 Å². The molecule has 0 fully saturated rings. The summed E-state index contributed by atoms with van der Waals surface area (Å²) in [5, 5.41) is 3.45. The first-order valence-corrected chi connectivity index (χ1v) is 8.06. The van der Waals surface area contributed by atoms with Crippen LogP contribution >= 0.6 is 11.3 Å². The second kappa shape index (κ2) is 5.98. The van der Waals surface area contributed by atoms with E-state index in [9.17, 15) is 0 Å². The molecule has 1 unspecified atom stereocenters. The second-order valence-corrected chi connectivity index (χ2v) is 6.44. The normalized spacial score (nSPS) is 15.7. The van der Waals surface area contributed by atoms with Crippen LogP contribution in [0, 0.1) is 0 Å². The number of aryl methyl sites for hydroxylation is 2. The molecule has 1 aliphatic carbocycles. The molecule has 0 aliphatic heterocycles. The zero-order chi connectivity index (χ0) is 13.9. The maximum Gasteiger partial charge on any atom is 0.124 e. The predicted molar refractivity (Wildman–Crippen MR) is 84.9 cm³/mol. The van der Waals surface area contributed by atoms with Crippen LogP contribution in [-0.2, 0) is 12.8 Å². The molecular formula is C17H21NOS. The van der Waals surface area contributed by atoms with Gasteiger partial charge in [0.1, 0.15) is 5.75 Å². The summed E-state index contributed by atoms with van der Waals surface area (Å²) in [5.74, 6) is 0.957. The van der Waals surface area contributed by atoms with E-state index in [0.29, 0.717) is 0 Å². The van der Waals surface area contributed by atoms with E-state index in [2.05, 4.69) is 23.5 Å². The monoisotopic (exact) mass is 287 g/mol. The smallest absolute Gasteiger partial charge is 0.124 e. The molecular weight excluding hydrogens is 266 g/mol. The quantitative estimate of drug-likeness (QED) is 0.919. The van der Waals surface area contributed by atoms with Crippen LogP contribution in [0.1, 0.15) is 39.8 Å². The summed E-state index contributed by atoms with van der Waals surface area (Å²) < 4.78 is 5.52. The van der Waals surface area contributed by atoms with Gasteiger partial charge in [-0.25, -0.2) is 0 Å². The second-order valence-electron chi connectivity index (χ2n) is 5.27. The molecule has 1 aromatic heterocycles. The van der Waals surface area contributed by atoms with Crippen LogP contribution in [0.4, 0.5) is 0 Å². The molecule has 3 heteroatoms. The van der Waals surface area contributed by atoms with Crippen molar-refractivity contribution in [1.82, 2.24) is 5.32 Å². The summed E-state index contributed by atoms with van der Waals surface area (Å²) in [7, 11) is 3.76. The molecule has 0 saturated heterocycles. The molecule has 1 aromatic carbocycles. The lowest BCUT2D eigenvalue weighted by Gasteiger charge is -2.18. The number of fused-ring (bicyclic) bond motifs is 1. The molecule has 2 nitrogen and oxygen atoms in total. The van der Waals surface area contributed by atoms with Gasteiger partial charge in [0.25, 0.3) is 0 Å². The lowest BCUT2D eigenvalue weighted by atomic mass is 9.97. The minimum absolute atomic E-state index is 0.224. The van der Waals surface area contributed by atoms with E-state index < -0.39 is 0 Å². The largest absolute Gasteiger partial charge is 0.496 e. The zero-order valence-corrected chi connectivity index (χ0v) is 12.9. The Bertz CT molecular complexity index is 567. The van der Waals surface area contributed by atoms with Crippen molar-refractivity contribution in [2.24, 2.45) is 0 Å². The SMILES string of the molecule is CNC(c1cc2c(s1)CCCC2)c1ccccc1OC. The minimum atomic E-state index is 0.224. The van der Waals surface area contributed by atoms with Gasteiger partial charge in [-0.2, -0.15) is 0 Å². The van der Waals surface area contributed by atoms with E-state index in [1.807, 2.05) is 30.5 Å². The van der Waals surface area contributed by atoms with E-state index in [-0.39, 0.29) is 6.04 Å². The van der Waals surface area contributed by atoms with E-state index in [4.69, 9.17) is 4.74 Å². The highest BCUT2D eigenvalue weighted by Gasteiger charge is 2.21. The van der Waals surface area contributed by atoms with Crippen molar-refractivity contribution >= 4 is 11.3 Å². The van der Waals surface area contributed by atoms with Gasteiger partial charge < -0.3 is 10.1 Å². The molecule has 1 N–H and O–H groups in total. The molecule has 0 radical (unpaired) electrons. The van der Waals surface area contributed by atoms with E-state index in [1.165, 1.54) is 36.1 Å². The number of hydrogen-bond acceptors (Lipinski definition) is 3. The summed E-state index contributed by atoms with van der Waals surface area (Å²) >= 11 is 1.96. The Morgan fingerprint density at radius 2 is 2.00 bits per heavy atom. The topological polar surface area (TPSA) is 21.3 Å². The Balaban J connectivity index is 1.99. The molecule has 3 rings (SSSR count). The van der Waals surface area contributed by atoms with E-state index in [0.717, 1.165) is 5.75 Å². The Morgan fingerprint density at radius 3 is 2.75 bits per heavy atom. The molecule has 20 heavy (non-hydrogen) atoms. The molecule has 2 aromatic rings. The maximum atomic E-state index is 5.52. The first-order valence-electron chi connectivity index (χ1n) is 7.25. The van der Waals surface area contributed by atoms with Gasteiger partial charge in [-0.15, -0.1) is 11.3 Å². The van der Waals surface area contributed by atoms with Crippen LogP contribution < -0.4 is 10.1 Å². The number of benzene rings is 1. The highest BCUT2D eigenvalue weighted by Crippen LogP contribution is 2.37. The van der Waals surface area contributed by atoms with Gasteiger partial charge in [0.2, 0.25) is 0 Å². The number of hydrogen-bond donors (Lipinski definition) is 1. The number of rotatable bonds is 4. The number of thiophene rings is 1. The van der Waals surface area contributed by atoms with Crippen molar-refractivity contribution in [3.05, 3.63) is 51.2 Å². The maximum absolute atomic E-state index is 5.52. The zero-order valence-electron chi connectivity index (χ0n) is 12.1. The van der Waals surface area contributed by atoms with Crippen molar-refractivity contribution < 1.29 is 4.74 Å². The Kier molecular flexibility index (Phi) is 4.08. The molecule has 0 amide bonds. The van der Waals surface area contributed by atoms with Gasteiger partial charge in [0.15, 0.2) is 0 Å². The van der Waals surface area contributed by atoms with Crippen LogP contribution in [0.25, 0.3) is 0 Å². The van der Waals surface area contributed by atoms with Crippen molar-refractivity contribution in [2.75, 3.05) is 14.2 Å². The van der Waals surface area contributed by atoms with Gasteiger partial charge in [0.05, 0.1) is 13.2 Å². The van der Waals surface area contributed by atoms with Gasteiger partial charge >= 0.3 is 0 Å². The summed E-state index contributed by atoms with van der Waals surface area (Å²) in [4.78, 5) is 2.99. The van der Waals surface area contributed by atoms with Gasteiger partial charge in [-0.3, -0.25) is 0 Å². The fourth-order valence-electron chi connectivity index (χ4n) is 3.01. The Labute approximate surface area is 124 Å². The van der Waals surface area contributed by atoms with Gasteiger partial charge in [0, 0.05) is 15.3 Å². The number of ether oxygens (including phenoxy) is 1. The average Bonchev–Trinajstić information content (AvgIpc) is 2.92. The first kappa shape index (κ1) is 13.7. The summed E-state index contributed by atoms with van der Waals surface area (Å²) in [6.07, 6.45) is 5.17. The number of methoxy groups -OCH3 is 1. The third-order valence-electron chi connectivity index (χ3n) is 4.04. The molecule has 0 saturated carbocycles. The summed E-state index contributed by atoms with van der Waals surface area (Å²) in [6.45, 7) is 0. The summed E-state index contributed by atoms with van der Waals surface area (Å²) in [6, 6.07) is 10.9. The third kappa shape index (κ3) is 2.48. The summed E-state index contributed by atoms with van der Waals surface area (Å²) in [5.41, 5.74) is 2.78. The van der Waals surface area contributed by atoms with Crippen molar-refractivity contribution in [3.63, 3.8) is 0 Å². The number of nitrogens with one attached hydrogen (secondary N) is 1. The standard InChI is InChI=1S/C17H21NOS/c1-18-17(13-8-4-5-9-14(13)19-2)16-11-12-7-3-6-10-15(12)20-16/h4-5,8-9,11,17-18H,3,6-7,10H2,1-2H3. The first-order chi connectivity index (χ1) is 9.83. The molecule has 1 heterocycles. The Morgan fingerprint density at radius 1 is 1.20 bits per heavy atom. The van der Waals surface area contributed by atoms with Crippen LogP contribution in [0.5, 0.6) is 5.75 Å².